The Labute approximate surface area is 160 Å². The molecule has 0 aromatic heterocycles. The van der Waals surface area contributed by atoms with Gasteiger partial charge in [0.25, 0.3) is 11.8 Å². The summed E-state index contributed by atoms with van der Waals surface area (Å²) in [5, 5.41) is 0.966. The summed E-state index contributed by atoms with van der Waals surface area (Å²) in [6.45, 7) is 3.95. The summed E-state index contributed by atoms with van der Waals surface area (Å²) in [6, 6.07) is 13.8. The molecule has 0 fully saturated rings. The van der Waals surface area contributed by atoms with Crippen molar-refractivity contribution in [3.8, 4) is 0 Å². The van der Waals surface area contributed by atoms with Crippen LogP contribution < -0.4 is 4.90 Å². The lowest BCUT2D eigenvalue weighted by molar-refractivity contribution is -0.119. The summed E-state index contributed by atoms with van der Waals surface area (Å²) < 4.78 is 0. The lowest BCUT2D eigenvalue weighted by Crippen LogP contribution is -2.31. The van der Waals surface area contributed by atoms with E-state index < -0.39 is 0 Å². The summed E-state index contributed by atoms with van der Waals surface area (Å²) in [5.41, 5.74) is 1.39. The molecule has 3 rings (SSSR count). The van der Waals surface area contributed by atoms with Gasteiger partial charge in [0.05, 0.1) is 21.2 Å². The SMILES string of the molecule is CC(C)SC1=C(c2ccc(Cl)cc2Cl)C(=O)N(c2ccccc2)C1=O. The normalized spacial score (nSPS) is 14.8. The smallest absolute Gasteiger partial charge is 0.268 e. The van der Waals surface area contributed by atoms with Gasteiger partial charge in [-0.1, -0.05) is 61.3 Å². The van der Waals surface area contributed by atoms with Crippen molar-refractivity contribution in [1.82, 2.24) is 0 Å². The van der Waals surface area contributed by atoms with Crippen LogP contribution in [0.2, 0.25) is 10.0 Å². The summed E-state index contributed by atoms with van der Waals surface area (Å²) >= 11 is 13.6. The molecule has 128 valence electrons. The minimum atomic E-state index is -0.372. The molecule has 0 radical (unpaired) electrons. The van der Waals surface area contributed by atoms with E-state index in [2.05, 4.69) is 0 Å². The number of halogens is 2. The number of carbonyl (C=O) groups is 2. The molecule has 0 saturated carbocycles. The van der Waals surface area contributed by atoms with E-state index in [0.29, 0.717) is 31.8 Å². The third-order valence-electron chi connectivity index (χ3n) is 3.61. The molecule has 3 nitrogen and oxygen atoms in total. The molecule has 1 aliphatic heterocycles. The van der Waals surface area contributed by atoms with Gasteiger partial charge in [-0.3, -0.25) is 9.59 Å². The Bertz CT molecular complexity index is 878. The van der Waals surface area contributed by atoms with Crippen LogP contribution >= 0.6 is 35.0 Å². The van der Waals surface area contributed by atoms with Crippen LogP contribution in [-0.4, -0.2) is 17.1 Å². The number of carbonyl (C=O) groups excluding carboxylic acids is 2. The van der Waals surface area contributed by atoms with Crippen LogP contribution in [0, 0.1) is 0 Å². The lowest BCUT2D eigenvalue weighted by Gasteiger charge is -2.15. The molecule has 0 bridgehead atoms. The average molecular weight is 392 g/mol. The Balaban J connectivity index is 2.15. The molecule has 2 aromatic carbocycles. The Morgan fingerprint density at radius 3 is 2.24 bits per heavy atom. The number of nitrogens with zero attached hydrogens (tertiary/aromatic N) is 1. The van der Waals surface area contributed by atoms with Crippen molar-refractivity contribution in [2.75, 3.05) is 4.90 Å². The van der Waals surface area contributed by atoms with Gasteiger partial charge in [0.1, 0.15) is 0 Å². The van der Waals surface area contributed by atoms with Crippen molar-refractivity contribution in [2.24, 2.45) is 0 Å². The molecule has 6 heteroatoms. The summed E-state index contributed by atoms with van der Waals surface area (Å²) in [6.07, 6.45) is 0. The van der Waals surface area contributed by atoms with E-state index in [1.165, 1.54) is 16.7 Å². The summed E-state index contributed by atoms with van der Waals surface area (Å²) in [4.78, 5) is 27.7. The second kappa shape index (κ2) is 7.24. The number of amides is 2. The number of hydrogen-bond acceptors (Lipinski definition) is 3. The Kier molecular flexibility index (Phi) is 5.23. The van der Waals surface area contributed by atoms with Crippen LogP contribution in [0.4, 0.5) is 5.69 Å². The molecule has 0 N–H and O–H groups in total. The Hall–Kier alpha value is -1.75. The van der Waals surface area contributed by atoms with Crippen LogP contribution in [-0.2, 0) is 9.59 Å². The average Bonchev–Trinajstić information content (AvgIpc) is 2.79. The minimum Gasteiger partial charge on any atom is -0.268 e. The first-order chi connectivity index (χ1) is 11.9. The Morgan fingerprint density at radius 2 is 1.64 bits per heavy atom. The van der Waals surface area contributed by atoms with Crippen LogP contribution in [0.15, 0.2) is 53.4 Å². The number of thioether (sulfide) groups is 1. The van der Waals surface area contributed by atoms with E-state index in [-0.39, 0.29) is 17.1 Å². The van der Waals surface area contributed by atoms with E-state index in [1.54, 1.807) is 42.5 Å². The van der Waals surface area contributed by atoms with Crippen LogP contribution in [0.3, 0.4) is 0 Å². The molecule has 25 heavy (non-hydrogen) atoms. The fourth-order valence-corrected chi connectivity index (χ4v) is 4.08. The topological polar surface area (TPSA) is 37.4 Å². The molecule has 0 saturated heterocycles. The van der Waals surface area contributed by atoms with E-state index in [0.717, 1.165) is 0 Å². The summed E-state index contributed by atoms with van der Waals surface area (Å²) in [7, 11) is 0. The van der Waals surface area contributed by atoms with Crippen molar-refractivity contribution in [3.05, 3.63) is 69.0 Å². The second-order valence-corrected chi connectivity index (χ2v) is 8.21. The van der Waals surface area contributed by atoms with Gasteiger partial charge in [-0.25, -0.2) is 4.90 Å². The third kappa shape index (κ3) is 3.47. The molecule has 1 heterocycles. The van der Waals surface area contributed by atoms with Gasteiger partial charge in [0, 0.05) is 15.8 Å². The van der Waals surface area contributed by atoms with Gasteiger partial charge in [-0.15, -0.1) is 11.8 Å². The van der Waals surface area contributed by atoms with E-state index >= 15 is 0 Å². The summed E-state index contributed by atoms with van der Waals surface area (Å²) in [5.74, 6) is -0.695. The van der Waals surface area contributed by atoms with Crippen molar-refractivity contribution in [3.63, 3.8) is 0 Å². The van der Waals surface area contributed by atoms with Crippen molar-refractivity contribution < 1.29 is 9.59 Å². The minimum absolute atomic E-state index is 0.142. The third-order valence-corrected chi connectivity index (χ3v) is 5.24. The van der Waals surface area contributed by atoms with E-state index in [9.17, 15) is 9.59 Å². The largest absolute Gasteiger partial charge is 0.272 e. The van der Waals surface area contributed by atoms with Crippen molar-refractivity contribution in [1.29, 1.82) is 0 Å². The predicted molar refractivity (Wildman–Crippen MR) is 105 cm³/mol. The number of benzene rings is 2. The molecular formula is C19H15Cl2NO2S. The zero-order chi connectivity index (χ0) is 18.1. The predicted octanol–water partition coefficient (Wildman–Crippen LogP) is 5.42. The first kappa shape index (κ1) is 18.1. The molecule has 0 unspecified atom stereocenters. The van der Waals surface area contributed by atoms with Gasteiger partial charge in [0.2, 0.25) is 0 Å². The van der Waals surface area contributed by atoms with Crippen LogP contribution in [0.5, 0.6) is 0 Å². The number of imide groups is 1. The van der Waals surface area contributed by atoms with E-state index in [1.807, 2.05) is 19.9 Å². The van der Waals surface area contributed by atoms with Crippen molar-refractivity contribution in [2.45, 2.75) is 19.1 Å². The Morgan fingerprint density at radius 1 is 0.960 bits per heavy atom. The van der Waals surface area contributed by atoms with Gasteiger partial charge >= 0.3 is 0 Å². The molecule has 0 atom stereocenters. The van der Waals surface area contributed by atoms with Gasteiger partial charge < -0.3 is 0 Å². The number of para-hydroxylation sites is 1. The monoisotopic (exact) mass is 391 g/mol. The second-order valence-electron chi connectivity index (χ2n) is 5.78. The first-order valence-corrected chi connectivity index (χ1v) is 9.34. The fraction of sp³-hybridized carbons (Fsp3) is 0.158. The number of anilines is 1. The van der Waals surface area contributed by atoms with Gasteiger partial charge in [-0.2, -0.15) is 0 Å². The van der Waals surface area contributed by atoms with Gasteiger partial charge in [0.15, 0.2) is 0 Å². The number of hydrogen-bond donors (Lipinski definition) is 0. The zero-order valence-electron chi connectivity index (χ0n) is 13.6. The maximum absolute atomic E-state index is 13.1. The fourth-order valence-electron chi connectivity index (χ4n) is 2.60. The van der Waals surface area contributed by atoms with Crippen LogP contribution in [0.25, 0.3) is 5.57 Å². The van der Waals surface area contributed by atoms with Crippen molar-refractivity contribution >= 4 is 58.0 Å². The lowest BCUT2D eigenvalue weighted by atomic mass is 10.1. The number of rotatable bonds is 4. The highest BCUT2D eigenvalue weighted by atomic mass is 35.5. The molecule has 0 spiro atoms. The van der Waals surface area contributed by atoms with Crippen LogP contribution in [0.1, 0.15) is 19.4 Å². The zero-order valence-corrected chi connectivity index (χ0v) is 16.0. The molecule has 1 aliphatic rings. The molecule has 2 amide bonds. The highest BCUT2D eigenvalue weighted by molar-refractivity contribution is 8.04. The highest BCUT2D eigenvalue weighted by Gasteiger charge is 2.41. The maximum Gasteiger partial charge on any atom is 0.272 e. The maximum atomic E-state index is 13.1. The first-order valence-electron chi connectivity index (χ1n) is 7.70. The molecular weight excluding hydrogens is 377 g/mol. The van der Waals surface area contributed by atoms with Gasteiger partial charge in [-0.05, 0) is 24.3 Å². The standard InChI is InChI=1S/C19H15Cl2NO2S/c1-11(2)25-17-16(14-9-8-12(20)10-15(14)21)18(23)22(19(17)24)13-6-4-3-5-7-13/h3-11H,1-2H3. The van der Waals surface area contributed by atoms with E-state index in [4.69, 9.17) is 23.2 Å². The highest BCUT2D eigenvalue weighted by Crippen LogP contribution is 2.42. The molecule has 2 aromatic rings. The quantitative estimate of drug-likeness (QED) is 0.652. The molecule has 0 aliphatic carbocycles.